The predicted octanol–water partition coefficient (Wildman–Crippen LogP) is 5.68. The van der Waals surface area contributed by atoms with E-state index >= 15 is 0 Å². The van der Waals surface area contributed by atoms with E-state index in [2.05, 4.69) is 0 Å². The van der Waals surface area contributed by atoms with Crippen LogP contribution in [0.4, 0.5) is 0 Å². The zero-order chi connectivity index (χ0) is 27.5. The highest BCUT2D eigenvalue weighted by atomic mass is 32.2. The summed E-state index contributed by atoms with van der Waals surface area (Å²) in [6, 6.07) is 18.1. The van der Waals surface area contributed by atoms with Crippen LogP contribution in [-0.4, -0.2) is 43.0 Å². The molecule has 2 heterocycles. The number of oxazole rings is 1. The Morgan fingerprint density at radius 2 is 1.67 bits per heavy atom. The molecule has 10 heteroatoms. The molecule has 3 aromatic carbocycles. The minimum atomic E-state index is -0.215. The van der Waals surface area contributed by atoms with Crippen LogP contribution >= 0.6 is 11.8 Å². The molecule has 0 spiro atoms. The van der Waals surface area contributed by atoms with Gasteiger partial charge in [0.05, 0.1) is 56.3 Å². The van der Waals surface area contributed by atoms with Crippen molar-refractivity contribution in [3.63, 3.8) is 0 Å². The van der Waals surface area contributed by atoms with Gasteiger partial charge in [-0.3, -0.25) is 9.36 Å². The number of para-hydroxylation sites is 2. The number of methoxy groups -OCH3 is 4. The van der Waals surface area contributed by atoms with E-state index in [-0.39, 0.29) is 5.56 Å². The number of aryl methyl sites for hydroxylation is 1. The molecule has 0 aliphatic heterocycles. The van der Waals surface area contributed by atoms with Crippen LogP contribution < -0.4 is 24.5 Å². The van der Waals surface area contributed by atoms with Crippen molar-refractivity contribution in [1.29, 1.82) is 0 Å². The zero-order valence-electron chi connectivity index (χ0n) is 22.2. The molecule has 0 saturated carbocycles. The number of benzene rings is 3. The number of fused-ring (bicyclic) bond motifs is 1. The molecule has 5 aromatic rings. The Morgan fingerprint density at radius 3 is 2.41 bits per heavy atom. The molecule has 0 aliphatic carbocycles. The highest BCUT2D eigenvalue weighted by molar-refractivity contribution is 7.98. The van der Waals surface area contributed by atoms with Crippen LogP contribution in [0.25, 0.3) is 28.0 Å². The monoisotopic (exact) mass is 545 g/mol. The van der Waals surface area contributed by atoms with Crippen molar-refractivity contribution in [3.8, 4) is 40.1 Å². The number of thioether (sulfide) groups is 1. The predicted molar refractivity (Wildman–Crippen MR) is 150 cm³/mol. The van der Waals surface area contributed by atoms with E-state index < -0.39 is 0 Å². The van der Waals surface area contributed by atoms with Crippen molar-refractivity contribution in [1.82, 2.24) is 14.5 Å². The summed E-state index contributed by atoms with van der Waals surface area (Å²) in [4.78, 5) is 23.4. The molecule has 39 heavy (non-hydrogen) atoms. The van der Waals surface area contributed by atoms with Crippen LogP contribution in [0.15, 0.2) is 75.0 Å². The molecular weight excluding hydrogens is 518 g/mol. The van der Waals surface area contributed by atoms with Gasteiger partial charge in [-0.15, -0.1) is 0 Å². The van der Waals surface area contributed by atoms with E-state index in [4.69, 9.17) is 33.3 Å². The molecular formula is C29H27N3O6S. The summed E-state index contributed by atoms with van der Waals surface area (Å²) in [5, 5.41) is 0.977. The number of aromatic nitrogens is 3. The summed E-state index contributed by atoms with van der Waals surface area (Å²) in [5.41, 5.74) is 2.31. The van der Waals surface area contributed by atoms with E-state index in [9.17, 15) is 4.79 Å². The van der Waals surface area contributed by atoms with Gasteiger partial charge in [0, 0.05) is 11.8 Å². The summed E-state index contributed by atoms with van der Waals surface area (Å²) in [7, 11) is 6.29. The van der Waals surface area contributed by atoms with Crippen LogP contribution in [0.1, 0.15) is 11.5 Å². The minimum Gasteiger partial charge on any atom is -0.497 e. The van der Waals surface area contributed by atoms with Crippen molar-refractivity contribution >= 4 is 22.7 Å². The standard InChI is InChI=1S/C29H27N3O6S/c1-17-22(30-27(38-17)20-10-8-12-25(36-4)26(20)37-5)16-39-29-31-21-11-7-6-9-19(21)28(33)32(29)23-15-18(34-2)13-14-24(23)35-3/h6-15H,16H2,1-5H3. The topological polar surface area (TPSA) is 97.8 Å². The Bertz CT molecular complexity index is 1710. The van der Waals surface area contributed by atoms with Gasteiger partial charge in [0.25, 0.3) is 5.56 Å². The largest absolute Gasteiger partial charge is 0.497 e. The lowest BCUT2D eigenvalue weighted by Crippen LogP contribution is -2.22. The lowest BCUT2D eigenvalue weighted by Gasteiger charge is -2.16. The van der Waals surface area contributed by atoms with Crippen molar-refractivity contribution in [2.75, 3.05) is 28.4 Å². The molecule has 0 aliphatic rings. The number of ether oxygens (including phenoxy) is 4. The first-order valence-electron chi connectivity index (χ1n) is 12.0. The lowest BCUT2D eigenvalue weighted by molar-refractivity contribution is 0.355. The van der Waals surface area contributed by atoms with Gasteiger partial charge < -0.3 is 23.4 Å². The molecule has 0 unspecified atom stereocenters. The van der Waals surface area contributed by atoms with Gasteiger partial charge in [-0.25, -0.2) is 9.97 Å². The summed E-state index contributed by atoms with van der Waals surface area (Å²) in [6.07, 6.45) is 0. The Hall–Kier alpha value is -4.44. The van der Waals surface area contributed by atoms with Crippen LogP contribution in [0.2, 0.25) is 0 Å². The number of nitrogens with zero attached hydrogens (tertiary/aromatic N) is 3. The summed E-state index contributed by atoms with van der Waals surface area (Å²) >= 11 is 1.37. The molecule has 0 N–H and O–H groups in total. The molecule has 0 radical (unpaired) electrons. The molecule has 0 atom stereocenters. The SMILES string of the molecule is COc1ccc(OC)c(-n2c(SCc3nc(-c4cccc(OC)c4OC)oc3C)nc3ccccc3c2=O)c1. The minimum absolute atomic E-state index is 0.215. The smallest absolute Gasteiger partial charge is 0.266 e. The Labute approximate surface area is 229 Å². The first kappa shape index (κ1) is 26.2. The van der Waals surface area contributed by atoms with Crippen molar-refractivity contribution < 1.29 is 23.4 Å². The third kappa shape index (κ3) is 4.90. The van der Waals surface area contributed by atoms with Gasteiger partial charge in [0.1, 0.15) is 17.3 Å². The van der Waals surface area contributed by atoms with E-state index in [0.29, 0.717) is 73.4 Å². The van der Waals surface area contributed by atoms with E-state index in [1.165, 1.54) is 11.8 Å². The fourth-order valence-corrected chi connectivity index (χ4v) is 5.27. The second kappa shape index (κ2) is 11.1. The number of hydrogen-bond donors (Lipinski definition) is 0. The second-order valence-corrected chi connectivity index (χ2v) is 9.38. The number of rotatable bonds is 9. The van der Waals surface area contributed by atoms with E-state index in [1.54, 1.807) is 57.3 Å². The zero-order valence-corrected chi connectivity index (χ0v) is 23.0. The summed E-state index contributed by atoms with van der Waals surface area (Å²) in [5.74, 6) is 3.69. The molecule has 200 valence electrons. The van der Waals surface area contributed by atoms with Gasteiger partial charge in [0.2, 0.25) is 5.89 Å². The van der Waals surface area contributed by atoms with Gasteiger partial charge in [0.15, 0.2) is 16.7 Å². The maximum atomic E-state index is 13.8. The molecule has 9 nitrogen and oxygen atoms in total. The fourth-order valence-electron chi connectivity index (χ4n) is 4.26. The maximum Gasteiger partial charge on any atom is 0.266 e. The third-order valence-electron chi connectivity index (χ3n) is 6.24. The van der Waals surface area contributed by atoms with E-state index in [0.717, 1.165) is 0 Å². The molecule has 0 bridgehead atoms. The lowest BCUT2D eigenvalue weighted by atomic mass is 10.2. The van der Waals surface area contributed by atoms with Crippen molar-refractivity contribution in [3.05, 3.63) is 82.5 Å². The van der Waals surface area contributed by atoms with Gasteiger partial charge >= 0.3 is 0 Å². The molecule has 0 fully saturated rings. The maximum absolute atomic E-state index is 13.8. The average Bonchev–Trinajstić information content (AvgIpc) is 3.35. The average molecular weight is 546 g/mol. The fraction of sp³-hybridized carbons (Fsp3) is 0.207. The van der Waals surface area contributed by atoms with Crippen LogP contribution in [-0.2, 0) is 5.75 Å². The van der Waals surface area contributed by atoms with E-state index in [1.807, 2.05) is 43.3 Å². The van der Waals surface area contributed by atoms with Gasteiger partial charge in [-0.2, -0.15) is 0 Å². The first-order chi connectivity index (χ1) is 19.0. The Balaban J connectivity index is 1.58. The first-order valence-corrected chi connectivity index (χ1v) is 13.0. The Morgan fingerprint density at radius 1 is 0.872 bits per heavy atom. The summed E-state index contributed by atoms with van der Waals surface area (Å²) < 4.78 is 29.6. The highest BCUT2D eigenvalue weighted by Gasteiger charge is 2.21. The number of hydrogen-bond acceptors (Lipinski definition) is 9. The normalized spacial score (nSPS) is 11.0. The van der Waals surface area contributed by atoms with Crippen molar-refractivity contribution in [2.24, 2.45) is 0 Å². The van der Waals surface area contributed by atoms with Crippen molar-refractivity contribution in [2.45, 2.75) is 17.8 Å². The quantitative estimate of drug-likeness (QED) is 0.171. The molecule has 0 saturated heterocycles. The Kier molecular flexibility index (Phi) is 7.47. The van der Waals surface area contributed by atoms with Crippen LogP contribution in [0.3, 0.4) is 0 Å². The van der Waals surface area contributed by atoms with Crippen LogP contribution in [0.5, 0.6) is 23.0 Å². The third-order valence-corrected chi connectivity index (χ3v) is 7.19. The van der Waals surface area contributed by atoms with Crippen LogP contribution in [0, 0.1) is 6.92 Å². The highest BCUT2D eigenvalue weighted by Crippen LogP contribution is 2.39. The molecule has 2 aromatic heterocycles. The molecule has 5 rings (SSSR count). The summed E-state index contributed by atoms with van der Waals surface area (Å²) in [6.45, 7) is 1.85. The van der Waals surface area contributed by atoms with Gasteiger partial charge in [-0.1, -0.05) is 30.0 Å². The molecule has 0 amide bonds. The van der Waals surface area contributed by atoms with Gasteiger partial charge in [-0.05, 0) is 43.3 Å². The second-order valence-electron chi connectivity index (χ2n) is 8.44.